The van der Waals surface area contributed by atoms with E-state index in [1.165, 1.54) is 22.3 Å². The van der Waals surface area contributed by atoms with E-state index in [0.717, 1.165) is 11.3 Å². The molecule has 3 aromatic carbocycles. The Kier molecular flexibility index (Phi) is 6.43. The molecule has 0 fully saturated rings. The fourth-order valence-electron chi connectivity index (χ4n) is 2.59. The number of para-hydroxylation sites is 1. The minimum atomic E-state index is -0.149. The lowest BCUT2D eigenvalue weighted by molar-refractivity contribution is -0.114. The van der Waals surface area contributed by atoms with Crippen molar-refractivity contribution in [2.75, 3.05) is 10.6 Å². The van der Waals surface area contributed by atoms with Crippen LogP contribution in [0.25, 0.3) is 0 Å². The summed E-state index contributed by atoms with van der Waals surface area (Å²) in [6, 6.07) is 22.5. The summed E-state index contributed by atoms with van der Waals surface area (Å²) in [6.07, 6.45) is 0. The van der Waals surface area contributed by atoms with Gasteiger partial charge in [0.05, 0.1) is 16.4 Å². The third-order valence-electron chi connectivity index (χ3n) is 3.98. The lowest BCUT2D eigenvalue weighted by Crippen LogP contribution is -2.10. The molecular formula is C22H21ClN2OS. The first kappa shape index (κ1) is 19.3. The second-order valence-corrected chi connectivity index (χ2v) is 7.81. The molecule has 5 heteroatoms. The first-order chi connectivity index (χ1) is 13.0. The maximum absolute atomic E-state index is 11.4. The number of halogens is 1. The normalized spacial score (nSPS) is 10.5. The SMILES string of the molecule is CC(=O)Nc1c(Cl)cccc1NCc1ccc(Sc2ccc(C)cc2)cc1. The molecule has 27 heavy (non-hydrogen) atoms. The molecule has 0 aromatic heterocycles. The highest BCUT2D eigenvalue weighted by molar-refractivity contribution is 7.99. The van der Waals surface area contributed by atoms with E-state index in [9.17, 15) is 4.79 Å². The van der Waals surface area contributed by atoms with Crippen molar-refractivity contribution in [3.8, 4) is 0 Å². The van der Waals surface area contributed by atoms with Crippen molar-refractivity contribution in [3.05, 3.63) is 82.9 Å². The number of amides is 1. The van der Waals surface area contributed by atoms with Crippen LogP contribution in [0.2, 0.25) is 5.02 Å². The average molecular weight is 397 g/mol. The molecule has 0 saturated carbocycles. The molecular weight excluding hydrogens is 376 g/mol. The van der Waals surface area contributed by atoms with Gasteiger partial charge >= 0.3 is 0 Å². The molecule has 138 valence electrons. The molecule has 0 heterocycles. The molecule has 3 aromatic rings. The Morgan fingerprint density at radius 2 is 1.59 bits per heavy atom. The predicted octanol–water partition coefficient (Wildman–Crippen LogP) is 6.37. The maximum atomic E-state index is 11.4. The summed E-state index contributed by atoms with van der Waals surface area (Å²) in [5.74, 6) is -0.149. The summed E-state index contributed by atoms with van der Waals surface area (Å²) >= 11 is 7.95. The molecule has 3 nitrogen and oxygen atoms in total. The fraction of sp³-hybridized carbons (Fsp3) is 0.136. The molecule has 0 spiro atoms. The number of benzene rings is 3. The van der Waals surface area contributed by atoms with E-state index in [4.69, 9.17) is 11.6 Å². The van der Waals surface area contributed by atoms with Crippen LogP contribution in [0.3, 0.4) is 0 Å². The number of hydrogen-bond acceptors (Lipinski definition) is 3. The van der Waals surface area contributed by atoms with Crippen LogP contribution in [0, 0.1) is 6.92 Å². The second-order valence-electron chi connectivity index (χ2n) is 6.26. The highest BCUT2D eigenvalue weighted by atomic mass is 35.5. The summed E-state index contributed by atoms with van der Waals surface area (Å²) in [4.78, 5) is 13.8. The molecule has 3 rings (SSSR count). The molecule has 2 N–H and O–H groups in total. The third-order valence-corrected chi connectivity index (χ3v) is 5.31. The van der Waals surface area contributed by atoms with Crippen molar-refractivity contribution in [2.45, 2.75) is 30.2 Å². The van der Waals surface area contributed by atoms with E-state index in [-0.39, 0.29) is 5.91 Å². The summed E-state index contributed by atoms with van der Waals surface area (Å²) < 4.78 is 0. The number of anilines is 2. The Bertz CT molecular complexity index is 924. The topological polar surface area (TPSA) is 41.1 Å². The van der Waals surface area contributed by atoms with Gasteiger partial charge in [-0.1, -0.05) is 59.3 Å². The van der Waals surface area contributed by atoms with E-state index in [1.807, 2.05) is 12.1 Å². The monoisotopic (exact) mass is 396 g/mol. The van der Waals surface area contributed by atoms with Crippen molar-refractivity contribution in [3.63, 3.8) is 0 Å². The van der Waals surface area contributed by atoms with Gasteiger partial charge in [0.15, 0.2) is 0 Å². The van der Waals surface area contributed by atoms with Gasteiger partial charge in [0.2, 0.25) is 5.91 Å². The summed E-state index contributed by atoms with van der Waals surface area (Å²) in [7, 11) is 0. The average Bonchev–Trinajstić information content (AvgIpc) is 2.65. The van der Waals surface area contributed by atoms with E-state index in [2.05, 4.69) is 66.1 Å². The van der Waals surface area contributed by atoms with Gasteiger partial charge in [0.1, 0.15) is 0 Å². The van der Waals surface area contributed by atoms with Crippen LogP contribution >= 0.6 is 23.4 Å². The Hall–Kier alpha value is -2.43. The predicted molar refractivity (Wildman–Crippen MR) is 115 cm³/mol. The van der Waals surface area contributed by atoms with Gasteiger partial charge in [-0.3, -0.25) is 4.79 Å². The molecule has 1 amide bonds. The van der Waals surface area contributed by atoms with Gasteiger partial charge in [0.25, 0.3) is 0 Å². The zero-order valence-electron chi connectivity index (χ0n) is 15.3. The van der Waals surface area contributed by atoms with Gasteiger partial charge in [0, 0.05) is 23.3 Å². The number of aryl methyl sites for hydroxylation is 1. The van der Waals surface area contributed by atoms with Crippen molar-refractivity contribution >= 4 is 40.6 Å². The molecule has 0 atom stereocenters. The smallest absolute Gasteiger partial charge is 0.221 e. The van der Waals surface area contributed by atoms with E-state index < -0.39 is 0 Å². The van der Waals surface area contributed by atoms with Gasteiger partial charge in [-0.25, -0.2) is 0 Å². The number of rotatable bonds is 6. The van der Waals surface area contributed by atoms with Crippen LogP contribution < -0.4 is 10.6 Å². The zero-order valence-corrected chi connectivity index (χ0v) is 16.8. The second kappa shape index (κ2) is 8.98. The van der Waals surface area contributed by atoms with Gasteiger partial charge in [-0.05, 0) is 48.9 Å². The van der Waals surface area contributed by atoms with Crippen LogP contribution in [0.5, 0.6) is 0 Å². The fourth-order valence-corrected chi connectivity index (χ4v) is 3.63. The van der Waals surface area contributed by atoms with Crippen molar-refractivity contribution < 1.29 is 4.79 Å². The van der Waals surface area contributed by atoms with Crippen molar-refractivity contribution in [1.29, 1.82) is 0 Å². The first-order valence-electron chi connectivity index (χ1n) is 8.65. The Morgan fingerprint density at radius 3 is 2.22 bits per heavy atom. The number of hydrogen-bond donors (Lipinski definition) is 2. The standard InChI is InChI=1S/C22H21ClN2OS/c1-15-6-10-18(11-7-15)27-19-12-8-17(9-13-19)14-24-21-5-3-4-20(23)22(21)25-16(2)26/h3-13,24H,14H2,1-2H3,(H,25,26). The molecule has 0 aliphatic carbocycles. The van der Waals surface area contributed by atoms with Crippen molar-refractivity contribution in [1.82, 2.24) is 0 Å². The maximum Gasteiger partial charge on any atom is 0.221 e. The highest BCUT2D eigenvalue weighted by Crippen LogP contribution is 2.31. The quantitative estimate of drug-likeness (QED) is 0.508. The Labute approximate surface area is 169 Å². The lowest BCUT2D eigenvalue weighted by atomic mass is 10.2. The molecule has 0 unspecified atom stereocenters. The minimum Gasteiger partial charge on any atom is -0.379 e. The molecule has 0 aliphatic rings. The van der Waals surface area contributed by atoms with Crippen LogP contribution in [0.1, 0.15) is 18.1 Å². The summed E-state index contributed by atoms with van der Waals surface area (Å²) in [5.41, 5.74) is 3.83. The Balaban J connectivity index is 1.64. The number of carbonyl (C=O) groups excluding carboxylic acids is 1. The first-order valence-corrected chi connectivity index (χ1v) is 9.84. The zero-order chi connectivity index (χ0) is 19.2. The molecule has 0 radical (unpaired) electrons. The van der Waals surface area contributed by atoms with Gasteiger partial charge < -0.3 is 10.6 Å². The largest absolute Gasteiger partial charge is 0.379 e. The van der Waals surface area contributed by atoms with Gasteiger partial charge in [-0.15, -0.1) is 0 Å². The summed E-state index contributed by atoms with van der Waals surface area (Å²) in [5, 5.41) is 6.64. The van der Waals surface area contributed by atoms with E-state index in [1.54, 1.807) is 17.8 Å². The van der Waals surface area contributed by atoms with E-state index >= 15 is 0 Å². The van der Waals surface area contributed by atoms with Crippen LogP contribution in [0.15, 0.2) is 76.5 Å². The van der Waals surface area contributed by atoms with Crippen LogP contribution in [0.4, 0.5) is 11.4 Å². The van der Waals surface area contributed by atoms with Crippen molar-refractivity contribution in [2.24, 2.45) is 0 Å². The highest BCUT2D eigenvalue weighted by Gasteiger charge is 2.08. The number of carbonyl (C=O) groups is 1. The third kappa shape index (κ3) is 5.52. The molecule has 0 aliphatic heterocycles. The summed E-state index contributed by atoms with van der Waals surface area (Å²) in [6.45, 7) is 4.20. The molecule has 0 saturated heterocycles. The van der Waals surface area contributed by atoms with E-state index in [0.29, 0.717) is 17.3 Å². The Morgan fingerprint density at radius 1 is 0.963 bits per heavy atom. The van der Waals surface area contributed by atoms with Gasteiger partial charge in [-0.2, -0.15) is 0 Å². The molecule has 0 bridgehead atoms. The minimum absolute atomic E-state index is 0.149. The number of nitrogens with one attached hydrogen (secondary N) is 2. The lowest BCUT2D eigenvalue weighted by Gasteiger charge is -2.14. The van der Waals surface area contributed by atoms with Crippen LogP contribution in [-0.4, -0.2) is 5.91 Å². The van der Waals surface area contributed by atoms with Crippen LogP contribution in [-0.2, 0) is 11.3 Å².